The predicted octanol–water partition coefficient (Wildman–Crippen LogP) is 1.68. The number of methoxy groups -OCH3 is 1. The number of nitrogens with zero attached hydrogens (tertiary/aromatic N) is 2. The second-order valence-corrected chi connectivity index (χ2v) is 8.43. The summed E-state index contributed by atoms with van der Waals surface area (Å²) < 4.78 is 12.2. The number of ether oxygens (including phenoxy) is 2. The minimum absolute atomic E-state index is 0.125. The van der Waals surface area contributed by atoms with E-state index in [4.69, 9.17) is 9.47 Å². The quantitative estimate of drug-likeness (QED) is 0.691. The van der Waals surface area contributed by atoms with E-state index >= 15 is 0 Å². The Balaban J connectivity index is 1.57. The molecule has 0 aliphatic carbocycles. The summed E-state index contributed by atoms with van der Waals surface area (Å²) in [5, 5.41) is 2.87. The van der Waals surface area contributed by atoms with Crippen LogP contribution in [0, 0.1) is 0 Å². The number of hydrogen-bond acceptors (Lipinski definition) is 6. The second-order valence-electron chi connectivity index (χ2n) is 8.43. The van der Waals surface area contributed by atoms with E-state index in [2.05, 4.69) is 5.32 Å². The highest BCUT2D eigenvalue weighted by molar-refractivity contribution is 5.99. The van der Waals surface area contributed by atoms with Crippen LogP contribution in [0.2, 0.25) is 0 Å². The van der Waals surface area contributed by atoms with Crippen LogP contribution in [0.3, 0.4) is 0 Å². The molecule has 4 rings (SSSR count). The summed E-state index contributed by atoms with van der Waals surface area (Å²) in [6.07, 6.45) is 0.192. The minimum Gasteiger partial charge on any atom is -0.490 e. The van der Waals surface area contributed by atoms with E-state index in [1.807, 2.05) is 26.0 Å². The molecule has 2 aromatic rings. The van der Waals surface area contributed by atoms with Crippen molar-refractivity contribution in [1.29, 1.82) is 0 Å². The number of hydrogen-bond donors (Lipinski definition) is 1. The van der Waals surface area contributed by atoms with Crippen molar-refractivity contribution in [2.75, 3.05) is 20.2 Å². The minimum atomic E-state index is -0.584. The molecule has 33 heavy (non-hydrogen) atoms. The summed E-state index contributed by atoms with van der Waals surface area (Å²) in [6, 6.07) is 8.15. The number of carbonyl (C=O) groups excluding carboxylic acids is 3. The molecule has 0 saturated carbocycles. The molecule has 0 radical (unpaired) electrons. The van der Waals surface area contributed by atoms with Gasteiger partial charge in [-0.15, -0.1) is 0 Å². The van der Waals surface area contributed by atoms with E-state index in [1.165, 1.54) is 17.7 Å². The fraction of sp³-hybridized carbons (Fsp3) is 0.417. The van der Waals surface area contributed by atoms with Gasteiger partial charge < -0.3 is 24.3 Å². The Bertz CT molecular complexity index is 1170. The van der Waals surface area contributed by atoms with Crippen LogP contribution < -0.4 is 15.6 Å². The first-order valence-corrected chi connectivity index (χ1v) is 11.0. The molecule has 1 aromatic heterocycles. The number of aromatic nitrogens is 1. The first-order chi connectivity index (χ1) is 15.8. The third-order valence-electron chi connectivity index (χ3n) is 5.96. The first kappa shape index (κ1) is 22.6. The predicted molar refractivity (Wildman–Crippen MR) is 119 cm³/mol. The van der Waals surface area contributed by atoms with Crippen LogP contribution in [0.25, 0.3) is 0 Å². The van der Waals surface area contributed by atoms with Crippen molar-refractivity contribution in [2.24, 2.45) is 0 Å². The van der Waals surface area contributed by atoms with Crippen molar-refractivity contribution >= 4 is 17.8 Å². The smallest absolute Gasteiger partial charge is 0.343 e. The number of nitrogens with one attached hydrogen (secondary N) is 1. The highest BCUT2D eigenvalue weighted by Crippen LogP contribution is 2.29. The Kier molecular flexibility index (Phi) is 6.22. The van der Waals surface area contributed by atoms with E-state index in [-0.39, 0.29) is 53.8 Å². The average Bonchev–Trinajstić information content (AvgIpc) is 2.95. The van der Waals surface area contributed by atoms with Crippen molar-refractivity contribution in [3.63, 3.8) is 0 Å². The zero-order valence-corrected chi connectivity index (χ0v) is 18.9. The van der Waals surface area contributed by atoms with Crippen molar-refractivity contribution in [1.82, 2.24) is 14.8 Å². The van der Waals surface area contributed by atoms with Crippen LogP contribution in [0.5, 0.6) is 5.75 Å². The number of carbonyl (C=O) groups is 3. The molecule has 1 aromatic carbocycles. The summed E-state index contributed by atoms with van der Waals surface area (Å²) >= 11 is 0. The summed E-state index contributed by atoms with van der Waals surface area (Å²) in [5.41, 5.74) is 1.83. The van der Waals surface area contributed by atoms with Gasteiger partial charge in [0.05, 0.1) is 25.7 Å². The van der Waals surface area contributed by atoms with E-state index in [1.54, 1.807) is 17.0 Å². The van der Waals surface area contributed by atoms with Gasteiger partial charge in [-0.2, -0.15) is 0 Å². The van der Waals surface area contributed by atoms with Gasteiger partial charge in [0.25, 0.3) is 11.5 Å². The second kappa shape index (κ2) is 9.09. The molecule has 1 unspecified atom stereocenters. The van der Waals surface area contributed by atoms with Crippen molar-refractivity contribution in [3.8, 4) is 5.75 Å². The van der Waals surface area contributed by atoms with Gasteiger partial charge in [0.1, 0.15) is 11.3 Å². The summed E-state index contributed by atoms with van der Waals surface area (Å²) in [7, 11) is 1.28. The molecular formula is C24H27N3O6. The molecule has 9 nitrogen and oxygen atoms in total. The largest absolute Gasteiger partial charge is 0.490 e. The molecular weight excluding hydrogens is 426 g/mol. The summed E-state index contributed by atoms with van der Waals surface area (Å²) in [4.78, 5) is 52.3. The molecule has 2 amide bonds. The standard InChI is InChI=1S/C24H27N3O6/c1-14(2)33-19-13-21(29)27-11-10-26(9-8-18(27)22(19)24(31)32-3)20(28)12-17-15-6-4-5-7-16(15)23(30)25-17/h4-7,13-14,17H,8-12H2,1-3H3,(H,25,30). The van der Waals surface area contributed by atoms with Crippen LogP contribution in [0.4, 0.5) is 0 Å². The Morgan fingerprint density at radius 2 is 1.91 bits per heavy atom. The molecule has 2 aliphatic rings. The Hall–Kier alpha value is -3.62. The maximum absolute atomic E-state index is 13.1. The molecule has 0 bridgehead atoms. The van der Waals surface area contributed by atoms with Gasteiger partial charge in [0.15, 0.2) is 0 Å². The molecule has 0 spiro atoms. The van der Waals surface area contributed by atoms with E-state index < -0.39 is 5.97 Å². The summed E-state index contributed by atoms with van der Waals surface area (Å²) in [6.45, 7) is 4.52. The molecule has 2 aliphatic heterocycles. The van der Waals surface area contributed by atoms with Gasteiger partial charge in [-0.05, 0) is 25.5 Å². The van der Waals surface area contributed by atoms with E-state index in [9.17, 15) is 19.2 Å². The van der Waals surface area contributed by atoms with Gasteiger partial charge in [-0.3, -0.25) is 14.4 Å². The van der Waals surface area contributed by atoms with E-state index in [0.29, 0.717) is 30.8 Å². The molecule has 1 atom stereocenters. The maximum Gasteiger partial charge on any atom is 0.343 e. The van der Waals surface area contributed by atoms with Gasteiger partial charge >= 0.3 is 5.97 Å². The Morgan fingerprint density at radius 1 is 1.15 bits per heavy atom. The fourth-order valence-electron chi connectivity index (χ4n) is 4.45. The lowest BCUT2D eigenvalue weighted by atomic mass is 10.0. The zero-order chi connectivity index (χ0) is 23.7. The Labute approximate surface area is 191 Å². The van der Waals surface area contributed by atoms with Crippen LogP contribution in [0.15, 0.2) is 35.1 Å². The zero-order valence-electron chi connectivity index (χ0n) is 18.9. The molecule has 1 N–H and O–H groups in total. The van der Waals surface area contributed by atoms with Crippen LogP contribution in [-0.2, 0) is 22.5 Å². The number of pyridine rings is 1. The van der Waals surface area contributed by atoms with Gasteiger partial charge in [0.2, 0.25) is 5.91 Å². The lowest BCUT2D eigenvalue weighted by Gasteiger charge is -2.22. The van der Waals surface area contributed by atoms with Gasteiger partial charge in [0, 0.05) is 43.4 Å². The molecule has 3 heterocycles. The molecule has 0 saturated heterocycles. The van der Waals surface area contributed by atoms with Crippen molar-refractivity contribution < 1.29 is 23.9 Å². The lowest BCUT2D eigenvalue weighted by Crippen LogP contribution is -2.36. The van der Waals surface area contributed by atoms with Crippen LogP contribution in [0.1, 0.15) is 58.3 Å². The van der Waals surface area contributed by atoms with Gasteiger partial charge in [-0.1, -0.05) is 18.2 Å². The van der Waals surface area contributed by atoms with Crippen LogP contribution in [-0.4, -0.2) is 53.6 Å². The maximum atomic E-state index is 13.1. The van der Waals surface area contributed by atoms with Crippen molar-refractivity contribution in [2.45, 2.75) is 45.4 Å². The number of esters is 1. The lowest BCUT2D eigenvalue weighted by molar-refractivity contribution is -0.131. The van der Waals surface area contributed by atoms with Crippen LogP contribution >= 0.6 is 0 Å². The fourth-order valence-corrected chi connectivity index (χ4v) is 4.45. The molecule has 0 fully saturated rings. The number of rotatable bonds is 5. The number of benzene rings is 1. The molecule has 174 valence electrons. The third kappa shape index (κ3) is 4.35. The first-order valence-electron chi connectivity index (χ1n) is 11.0. The highest BCUT2D eigenvalue weighted by Gasteiger charge is 2.32. The highest BCUT2D eigenvalue weighted by atomic mass is 16.5. The molecule has 9 heteroatoms. The number of amides is 2. The summed E-state index contributed by atoms with van der Waals surface area (Å²) in [5.74, 6) is -0.702. The van der Waals surface area contributed by atoms with Gasteiger partial charge in [-0.25, -0.2) is 4.79 Å². The number of fused-ring (bicyclic) bond motifs is 2. The SMILES string of the molecule is COC(=O)c1c(OC(C)C)cc(=O)n2c1CCN(C(=O)CC1NC(=O)c3ccccc31)CC2. The monoisotopic (exact) mass is 453 g/mol. The van der Waals surface area contributed by atoms with E-state index in [0.717, 1.165) is 5.56 Å². The topological polar surface area (TPSA) is 107 Å². The average molecular weight is 453 g/mol. The third-order valence-corrected chi connectivity index (χ3v) is 5.96. The Morgan fingerprint density at radius 3 is 2.64 bits per heavy atom. The van der Waals surface area contributed by atoms with Crippen molar-refractivity contribution in [3.05, 3.63) is 63.1 Å². The normalized spacial score (nSPS) is 17.2.